The summed E-state index contributed by atoms with van der Waals surface area (Å²) in [6.45, 7) is 3.64. The third-order valence-electron chi connectivity index (χ3n) is 4.12. The molecule has 0 fully saturated rings. The minimum Gasteiger partial charge on any atom is -0.497 e. The smallest absolute Gasteiger partial charge is 0.270 e. The molecule has 0 aliphatic carbocycles. The molecule has 0 aliphatic rings. The molecule has 1 atom stereocenters. The quantitative estimate of drug-likeness (QED) is 0.555. The number of aryl methyl sites for hydroxylation is 1. The van der Waals surface area contributed by atoms with Crippen LogP contribution >= 0.6 is 11.3 Å². The number of nitrogens with one attached hydrogen (secondary N) is 2. The summed E-state index contributed by atoms with van der Waals surface area (Å²) in [6, 6.07) is 13.6. The fourth-order valence-electron chi connectivity index (χ4n) is 2.49. The van der Waals surface area contributed by atoms with Gasteiger partial charge in [0.15, 0.2) is 0 Å². The Morgan fingerprint density at radius 3 is 2.34 bits per heavy atom. The highest BCUT2D eigenvalue weighted by Gasteiger charge is 2.24. The van der Waals surface area contributed by atoms with Crippen LogP contribution < -0.4 is 14.8 Å². The monoisotopic (exact) mass is 432 g/mol. The van der Waals surface area contributed by atoms with Gasteiger partial charge in [0.05, 0.1) is 7.11 Å². The molecular formula is C19H20N4O4S2. The van der Waals surface area contributed by atoms with Gasteiger partial charge in [0, 0.05) is 11.6 Å². The molecule has 0 spiro atoms. The van der Waals surface area contributed by atoms with Gasteiger partial charge in [-0.3, -0.25) is 10.1 Å². The molecule has 2 N–H and O–H groups in total. The number of rotatable bonds is 7. The standard InChI is InChI=1S/C19H20N4O4S2/c1-12-4-6-15(7-5-12)17(24)20-18-21-22-19(28-18)29(25,26)23-13(2)14-8-10-16(27-3)11-9-14/h4-11,13,23H,1-3H3,(H,20,21,24). The van der Waals surface area contributed by atoms with Crippen molar-refractivity contribution in [1.29, 1.82) is 0 Å². The number of benzene rings is 2. The topological polar surface area (TPSA) is 110 Å². The number of nitrogens with zero attached hydrogens (tertiary/aromatic N) is 2. The Balaban J connectivity index is 1.69. The second-order valence-electron chi connectivity index (χ2n) is 6.31. The van der Waals surface area contributed by atoms with E-state index in [0.717, 1.165) is 22.5 Å². The van der Waals surface area contributed by atoms with E-state index in [1.165, 1.54) is 0 Å². The number of carbonyl (C=O) groups excluding carboxylic acids is 1. The van der Waals surface area contributed by atoms with Crippen LogP contribution in [0.25, 0.3) is 0 Å². The molecule has 0 aliphatic heterocycles. The molecule has 10 heteroatoms. The Bertz CT molecular complexity index is 1090. The number of carbonyl (C=O) groups is 1. The first-order valence-electron chi connectivity index (χ1n) is 8.66. The zero-order chi connectivity index (χ0) is 21.0. The zero-order valence-electron chi connectivity index (χ0n) is 16.0. The van der Waals surface area contributed by atoms with Gasteiger partial charge in [0.25, 0.3) is 15.9 Å². The summed E-state index contributed by atoms with van der Waals surface area (Å²) in [6.07, 6.45) is 0. The van der Waals surface area contributed by atoms with Gasteiger partial charge in [-0.05, 0) is 43.7 Å². The van der Waals surface area contributed by atoms with Gasteiger partial charge in [0.2, 0.25) is 9.47 Å². The Kier molecular flexibility index (Phi) is 6.26. The predicted octanol–water partition coefficient (Wildman–Crippen LogP) is 3.15. The van der Waals surface area contributed by atoms with Crippen LogP contribution in [0.2, 0.25) is 0 Å². The maximum Gasteiger partial charge on any atom is 0.270 e. The Labute approximate surface area is 173 Å². The van der Waals surface area contributed by atoms with Crippen LogP contribution in [0.5, 0.6) is 5.75 Å². The molecule has 1 aromatic heterocycles. The van der Waals surface area contributed by atoms with E-state index >= 15 is 0 Å². The Morgan fingerprint density at radius 2 is 1.72 bits per heavy atom. The summed E-state index contributed by atoms with van der Waals surface area (Å²) in [5.74, 6) is 0.298. The summed E-state index contributed by atoms with van der Waals surface area (Å²) in [4.78, 5) is 12.3. The van der Waals surface area contributed by atoms with E-state index in [1.54, 1.807) is 50.4 Å². The second-order valence-corrected chi connectivity index (χ2v) is 9.17. The minimum absolute atomic E-state index is 0.105. The molecule has 2 aromatic carbocycles. The maximum atomic E-state index is 12.6. The summed E-state index contributed by atoms with van der Waals surface area (Å²) in [5, 5.41) is 10.1. The highest BCUT2D eigenvalue weighted by atomic mass is 32.2. The van der Waals surface area contributed by atoms with Crippen molar-refractivity contribution in [3.8, 4) is 5.75 Å². The predicted molar refractivity (Wildman–Crippen MR) is 111 cm³/mol. The number of amides is 1. The van der Waals surface area contributed by atoms with Crippen LogP contribution in [0.15, 0.2) is 52.9 Å². The molecule has 1 heterocycles. The lowest BCUT2D eigenvalue weighted by Crippen LogP contribution is -2.26. The summed E-state index contributed by atoms with van der Waals surface area (Å²) < 4.78 is 32.6. The lowest BCUT2D eigenvalue weighted by atomic mass is 10.1. The van der Waals surface area contributed by atoms with Gasteiger partial charge in [-0.15, -0.1) is 10.2 Å². The van der Waals surface area contributed by atoms with Crippen molar-refractivity contribution in [2.75, 3.05) is 12.4 Å². The van der Waals surface area contributed by atoms with Crippen molar-refractivity contribution in [3.63, 3.8) is 0 Å². The number of hydrogen-bond acceptors (Lipinski definition) is 7. The normalized spacial score (nSPS) is 12.4. The zero-order valence-corrected chi connectivity index (χ0v) is 17.7. The Hall–Kier alpha value is -2.82. The van der Waals surface area contributed by atoms with Crippen LogP contribution in [0.3, 0.4) is 0 Å². The highest BCUT2D eigenvalue weighted by molar-refractivity contribution is 7.91. The molecule has 3 aromatic rings. The van der Waals surface area contributed by atoms with E-state index in [0.29, 0.717) is 11.3 Å². The van der Waals surface area contributed by atoms with Crippen LogP contribution in [0.4, 0.5) is 5.13 Å². The highest BCUT2D eigenvalue weighted by Crippen LogP contribution is 2.24. The first-order valence-corrected chi connectivity index (χ1v) is 11.0. The van der Waals surface area contributed by atoms with Crippen molar-refractivity contribution in [2.24, 2.45) is 0 Å². The van der Waals surface area contributed by atoms with Gasteiger partial charge >= 0.3 is 0 Å². The van der Waals surface area contributed by atoms with Crippen molar-refractivity contribution in [2.45, 2.75) is 24.2 Å². The van der Waals surface area contributed by atoms with E-state index in [-0.39, 0.29) is 15.4 Å². The molecule has 29 heavy (non-hydrogen) atoms. The number of sulfonamides is 1. The average molecular weight is 433 g/mol. The molecule has 0 saturated heterocycles. The van der Waals surface area contributed by atoms with E-state index in [9.17, 15) is 13.2 Å². The van der Waals surface area contributed by atoms with Crippen molar-refractivity contribution in [3.05, 3.63) is 65.2 Å². The fourth-order valence-corrected chi connectivity index (χ4v) is 4.63. The summed E-state index contributed by atoms with van der Waals surface area (Å²) in [5.41, 5.74) is 2.25. The van der Waals surface area contributed by atoms with Gasteiger partial charge in [-0.1, -0.05) is 41.2 Å². The van der Waals surface area contributed by atoms with Crippen molar-refractivity contribution >= 4 is 32.4 Å². The first-order chi connectivity index (χ1) is 13.8. The van der Waals surface area contributed by atoms with Crippen LogP contribution in [-0.2, 0) is 10.0 Å². The van der Waals surface area contributed by atoms with E-state index < -0.39 is 16.1 Å². The fraction of sp³-hybridized carbons (Fsp3) is 0.211. The molecule has 3 rings (SSSR count). The third kappa shape index (κ3) is 5.17. The van der Waals surface area contributed by atoms with Gasteiger partial charge in [-0.2, -0.15) is 0 Å². The van der Waals surface area contributed by atoms with Gasteiger partial charge < -0.3 is 4.74 Å². The molecule has 0 radical (unpaired) electrons. The van der Waals surface area contributed by atoms with Crippen LogP contribution in [-0.4, -0.2) is 31.6 Å². The third-order valence-corrected chi connectivity index (χ3v) is 6.87. The molecule has 8 nitrogen and oxygen atoms in total. The van der Waals surface area contributed by atoms with Gasteiger partial charge in [0.1, 0.15) is 5.75 Å². The number of aromatic nitrogens is 2. The lowest BCUT2D eigenvalue weighted by Gasteiger charge is -2.13. The molecule has 0 saturated carbocycles. The first kappa shape index (κ1) is 20.9. The SMILES string of the molecule is COc1ccc(C(C)NS(=O)(=O)c2nnc(NC(=O)c3ccc(C)cc3)s2)cc1. The summed E-state index contributed by atoms with van der Waals surface area (Å²) >= 11 is 0.785. The van der Waals surface area contributed by atoms with Crippen molar-refractivity contribution in [1.82, 2.24) is 14.9 Å². The molecular weight excluding hydrogens is 412 g/mol. The van der Waals surface area contributed by atoms with E-state index in [2.05, 4.69) is 20.2 Å². The minimum atomic E-state index is -3.90. The van der Waals surface area contributed by atoms with E-state index in [4.69, 9.17) is 4.74 Å². The molecule has 0 bridgehead atoms. The maximum absolute atomic E-state index is 12.6. The second kappa shape index (κ2) is 8.68. The largest absolute Gasteiger partial charge is 0.497 e. The molecule has 1 unspecified atom stereocenters. The molecule has 1 amide bonds. The van der Waals surface area contributed by atoms with Gasteiger partial charge in [-0.25, -0.2) is 13.1 Å². The number of ether oxygens (including phenoxy) is 1. The van der Waals surface area contributed by atoms with Crippen LogP contribution in [0.1, 0.15) is 34.5 Å². The summed E-state index contributed by atoms with van der Waals surface area (Å²) in [7, 11) is -2.33. The number of hydrogen-bond donors (Lipinski definition) is 2. The Morgan fingerprint density at radius 1 is 1.07 bits per heavy atom. The van der Waals surface area contributed by atoms with Crippen molar-refractivity contribution < 1.29 is 17.9 Å². The van der Waals surface area contributed by atoms with Crippen LogP contribution in [0, 0.1) is 6.92 Å². The number of anilines is 1. The lowest BCUT2D eigenvalue weighted by molar-refractivity contribution is 0.102. The van der Waals surface area contributed by atoms with E-state index in [1.807, 2.05) is 19.1 Å². The molecule has 152 valence electrons. The number of methoxy groups -OCH3 is 1. The average Bonchev–Trinajstić information content (AvgIpc) is 3.17.